The van der Waals surface area contributed by atoms with Crippen LogP contribution in [0, 0.1) is 17.6 Å². The molecule has 0 aromatic heterocycles. The fraction of sp³-hybridized carbons (Fsp3) is 0.484. The second-order valence-electron chi connectivity index (χ2n) is 11.4. The summed E-state index contributed by atoms with van der Waals surface area (Å²) >= 11 is 0. The van der Waals surface area contributed by atoms with E-state index in [1.807, 2.05) is 6.92 Å². The molecule has 0 spiro atoms. The molecule has 11 nitrogen and oxygen atoms in total. The molecule has 1 heterocycles. The maximum atomic E-state index is 13.4. The smallest absolute Gasteiger partial charge is 0.247 e. The fourth-order valence-corrected chi connectivity index (χ4v) is 5.78. The second-order valence-corrected chi connectivity index (χ2v) is 11.4. The van der Waals surface area contributed by atoms with Crippen LogP contribution in [0.2, 0.25) is 0 Å². The van der Waals surface area contributed by atoms with Crippen LogP contribution >= 0.6 is 0 Å². The van der Waals surface area contributed by atoms with Crippen molar-refractivity contribution >= 4 is 17.7 Å². The lowest BCUT2D eigenvalue weighted by molar-refractivity contribution is -0.155. The van der Waals surface area contributed by atoms with Gasteiger partial charge in [-0.15, -0.1) is 0 Å². The minimum absolute atomic E-state index is 0.00980. The normalized spacial score (nSPS) is 30.6. The van der Waals surface area contributed by atoms with Gasteiger partial charge < -0.3 is 44.8 Å². The van der Waals surface area contributed by atoms with Crippen molar-refractivity contribution in [3.63, 3.8) is 0 Å². The first kappa shape index (κ1) is 31.8. The van der Waals surface area contributed by atoms with Crippen molar-refractivity contribution in [1.29, 1.82) is 0 Å². The molecule has 2 aliphatic carbocycles. The minimum Gasteiger partial charge on any atom is -0.504 e. The summed E-state index contributed by atoms with van der Waals surface area (Å²) in [4.78, 5) is 18.2. The number of hydrogen-bond donors (Lipinski definition) is 5. The number of oxime groups is 1. The number of aromatic hydroxyl groups is 1. The van der Waals surface area contributed by atoms with Gasteiger partial charge in [0.15, 0.2) is 23.1 Å². The van der Waals surface area contributed by atoms with E-state index in [0.717, 1.165) is 30.7 Å². The van der Waals surface area contributed by atoms with E-state index in [9.17, 15) is 34.0 Å². The molecule has 1 amide bonds. The highest BCUT2D eigenvalue weighted by molar-refractivity contribution is 5.97. The number of fused-ring (bicyclic) bond motifs is 1. The number of ether oxygens (including phenoxy) is 3. The molecule has 0 bridgehead atoms. The first-order valence-electron chi connectivity index (χ1n) is 14.4. The van der Waals surface area contributed by atoms with E-state index in [2.05, 4.69) is 10.5 Å². The van der Waals surface area contributed by atoms with E-state index in [1.165, 1.54) is 25.1 Å². The number of rotatable bonds is 9. The average molecular weight is 619 g/mol. The lowest BCUT2D eigenvalue weighted by Crippen LogP contribution is -2.67. The van der Waals surface area contributed by atoms with Crippen molar-refractivity contribution in [3.8, 4) is 11.5 Å². The number of nitrogens with one attached hydrogen (secondary N) is 1. The van der Waals surface area contributed by atoms with E-state index in [-0.39, 0.29) is 42.5 Å². The number of hydrogen-bond acceptors (Lipinski definition) is 10. The van der Waals surface area contributed by atoms with Gasteiger partial charge in [-0.3, -0.25) is 4.79 Å². The molecular formula is C31H36F2N2O9. The lowest BCUT2D eigenvalue weighted by Gasteiger charge is -2.41. The predicted octanol–water partition coefficient (Wildman–Crippen LogP) is 2.54. The molecule has 5 N–H and O–H groups in total. The van der Waals surface area contributed by atoms with Crippen LogP contribution < -0.4 is 10.1 Å². The number of aliphatic hydroxyl groups excluding tert-OH is 3. The molecule has 238 valence electrons. The van der Waals surface area contributed by atoms with Crippen LogP contribution in [0.4, 0.5) is 8.78 Å². The summed E-state index contributed by atoms with van der Waals surface area (Å²) in [6.07, 6.45) is -2.33. The van der Waals surface area contributed by atoms with Crippen molar-refractivity contribution in [3.05, 3.63) is 64.7 Å². The van der Waals surface area contributed by atoms with Crippen LogP contribution in [0.25, 0.3) is 6.08 Å². The lowest BCUT2D eigenvalue weighted by atomic mass is 9.83. The van der Waals surface area contributed by atoms with Crippen LogP contribution in [0.1, 0.15) is 44.2 Å². The van der Waals surface area contributed by atoms with E-state index < -0.39 is 54.1 Å². The van der Waals surface area contributed by atoms with Crippen LogP contribution in [0.5, 0.6) is 11.5 Å². The summed E-state index contributed by atoms with van der Waals surface area (Å²) in [7, 11) is 0. The van der Waals surface area contributed by atoms with Crippen LogP contribution in [-0.4, -0.2) is 81.5 Å². The molecule has 13 heteroatoms. The van der Waals surface area contributed by atoms with Crippen molar-refractivity contribution in [1.82, 2.24) is 5.32 Å². The van der Waals surface area contributed by atoms with Gasteiger partial charge in [-0.25, -0.2) is 8.78 Å². The van der Waals surface area contributed by atoms with Gasteiger partial charge in [0, 0.05) is 11.5 Å². The minimum atomic E-state index is -1.46. The maximum absolute atomic E-state index is 13.4. The molecule has 2 saturated carbocycles. The Hall–Kier alpha value is -3.62. The van der Waals surface area contributed by atoms with Gasteiger partial charge in [-0.1, -0.05) is 17.3 Å². The van der Waals surface area contributed by atoms with Crippen molar-refractivity contribution in [2.45, 2.75) is 82.4 Å². The molecule has 2 aromatic rings. The van der Waals surface area contributed by atoms with Gasteiger partial charge >= 0.3 is 0 Å². The Balaban J connectivity index is 1.13. The molecule has 0 unspecified atom stereocenters. The SMILES string of the molecule is CC(=Cc1ccc(O[C@H]2CC[C@@H](C(C)=NOCc3ccc(F)c(F)c3)C2)c(O)c1)C(=O)N[C@@H]1[C@H](O)[C@@H](O)[C@H]2OCO[C@H]2[C@@H]1O. The Kier molecular flexibility index (Phi) is 9.81. The average Bonchev–Trinajstić information content (AvgIpc) is 3.68. The zero-order valence-electron chi connectivity index (χ0n) is 24.2. The summed E-state index contributed by atoms with van der Waals surface area (Å²) in [6.45, 7) is 3.25. The highest BCUT2D eigenvalue weighted by Crippen LogP contribution is 2.35. The number of carbonyl (C=O) groups is 1. The third kappa shape index (κ3) is 7.02. The molecular weight excluding hydrogens is 582 g/mol. The van der Waals surface area contributed by atoms with Gasteiger partial charge in [-0.2, -0.15) is 0 Å². The first-order chi connectivity index (χ1) is 21.0. The Morgan fingerprint density at radius 2 is 1.77 bits per heavy atom. The summed E-state index contributed by atoms with van der Waals surface area (Å²) in [5.41, 5.74) is 1.97. The number of amides is 1. The molecule has 0 radical (unpaired) electrons. The quantitative estimate of drug-likeness (QED) is 0.162. The van der Waals surface area contributed by atoms with E-state index in [1.54, 1.807) is 12.1 Å². The Morgan fingerprint density at radius 1 is 1.02 bits per heavy atom. The monoisotopic (exact) mass is 618 g/mol. The van der Waals surface area contributed by atoms with Gasteiger partial charge in [0.25, 0.3) is 0 Å². The molecule has 1 saturated heterocycles. The first-order valence-corrected chi connectivity index (χ1v) is 14.4. The number of phenolic OH excluding ortho intramolecular Hbond substituents is 1. The second kappa shape index (κ2) is 13.6. The van der Waals surface area contributed by atoms with Crippen LogP contribution in [0.3, 0.4) is 0 Å². The number of halogens is 2. The van der Waals surface area contributed by atoms with Gasteiger partial charge in [-0.05, 0) is 74.6 Å². The Bertz CT molecular complexity index is 1420. The largest absolute Gasteiger partial charge is 0.504 e. The van der Waals surface area contributed by atoms with E-state index >= 15 is 0 Å². The molecule has 1 aliphatic heterocycles. The summed E-state index contributed by atoms with van der Waals surface area (Å²) < 4.78 is 43.0. The van der Waals surface area contributed by atoms with Crippen LogP contribution in [-0.2, 0) is 25.7 Å². The molecule has 3 fully saturated rings. The predicted molar refractivity (Wildman–Crippen MR) is 152 cm³/mol. The molecule has 8 atom stereocenters. The van der Waals surface area contributed by atoms with Gasteiger partial charge in [0.1, 0.15) is 43.9 Å². The molecule has 5 rings (SSSR count). The third-order valence-electron chi connectivity index (χ3n) is 8.32. The molecule has 3 aliphatic rings. The van der Waals surface area contributed by atoms with Crippen molar-refractivity contribution < 1.29 is 53.0 Å². The zero-order valence-corrected chi connectivity index (χ0v) is 24.2. The summed E-state index contributed by atoms with van der Waals surface area (Å²) in [5.74, 6) is -2.18. The standard InChI is InChI=1S/C31H36F2N2O9/c1-15(31(40)34-25-26(37)28(39)30-29(27(25)38)41-14-42-30)9-17-4-8-24(23(36)11-17)44-20-6-5-19(12-20)16(2)35-43-13-18-3-7-21(32)22(33)10-18/h3-4,7-11,19-20,25-30,36-39H,5-6,12-14H2,1-2H3,(H,34,40)/t19-,20+,25-,26+,27-,28-,29+,30-/m1/s1. The number of benzene rings is 2. The van der Waals surface area contributed by atoms with Crippen molar-refractivity contribution in [2.75, 3.05) is 6.79 Å². The number of phenols is 1. The van der Waals surface area contributed by atoms with Crippen molar-refractivity contribution in [2.24, 2.45) is 11.1 Å². The highest BCUT2D eigenvalue weighted by Gasteiger charge is 2.53. The Labute approximate surface area is 252 Å². The molecule has 2 aromatic carbocycles. The topological polar surface area (TPSA) is 159 Å². The van der Waals surface area contributed by atoms with Gasteiger partial charge in [0.2, 0.25) is 5.91 Å². The molecule has 44 heavy (non-hydrogen) atoms. The summed E-state index contributed by atoms with van der Waals surface area (Å²) in [6, 6.07) is 7.11. The Morgan fingerprint density at radius 3 is 2.50 bits per heavy atom. The third-order valence-corrected chi connectivity index (χ3v) is 8.32. The van der Waals surface area contributed by atoms with E-state index in [0.29, 0.717) is 17.5 Å². The van der Waals surface area contributed by atoms with Gasteiger partial charge in [0.05, 0.1) is 17.9 Å². The van der Waals surface area contributed by atoms with Crippen LogP contribution in [0.15, 0.2) is 47.1 Å². The summed E-state index contributed by atoms with van der Waals surface area (Å²) in [5, 5.41) is 48.6. The maximum Gasteiger partial charge on any atom is 0.247 e. The highest BCUT2D eigenvalue weighted by atomic mass is 19.2. The number of carbonyl (C=O) groups excluding carboxylic acids is 1. The number of aliphatic hydroxyl groups is 3. The fourth-order valence-electron chi connectivity index (χ4n) is 5.78. The zero-order chi connectivity index (χ0) is 31.5. The van der Waals surface area contributed by atoms with E-state index in [4.69, 9.17) is 19.0 Å². The number of nitrogens with zero attached hydrogens (tertiary/aromatic N) is 1.